The van der Waals surface area contributed by atoms with Gasteiger partial charge in [-0.3, -0.25) is 0 Å². The molecule has 0 radical (unpaired) electrons. The van der Waals surface area contributed by atoms with Gasteiger partial charge in [-0.15, -0.1) is 0 Å². The lowest BCUT2D eigenvalue weighted by atomic mass is 10.0. The van der Waals surface area contributed by atoms with Crippen LogP contribution in [0.25, 0.3) is 0 Å². The first-order valence-corrected chi connectivity index (χ1v) is 7.21. The van der Waals surface area contributed by atoms with Crippen LogP contribution in [0.1, 0.15) is 35.7 Å². The summed E-state index contributed by atoms with van der Waals surface area (Å²) < 4.78 is 5.25. The molecule has 0 saturated carbocycles. The Balaban J connectivity index is 2.14. The molecule has 3 heteroatoms. The molecule has 0 aromatic heterocycles. The average Bonchev–Trinajstić information content (AvgIpc) is 2.52. The second kappa shape index (κ2) is 7.25. The van der Waals surface area contributed by atoms with Gasteiger partial charge in [-0.05, 0) is 37.1 Å². The SMILES string of the molecule is COc1cccc(C(CO)NC(C)c2cccc(C)c2)c1. The number of hydrogen-bond acceptors (Lipinski definition) is 3. The van der Waals surface area contributed by atoms with Gasteiger partial charge in [0.15, 0.2) is 0 Å². The van der Waals surface area contributed by atoms with Gasteiger partial charge in [-0.25, -0.2) is 0 Å². The number of methoxy groups -OCH3 is 1. The number of aliphatic hydroxyl groups excluding tert-OH is 1. The summed E-state index contributed by atoms with van der Waals surface area (Å²) in [4.78, 5) is 0. The minimum Gasteiger partial charge on any atom is -0.497 e. The van der Waals surface area contributed by atoms with Crippen LogP contribution in [0, 0.1) is 6.92 Å². The van der Waals surface area contributed by atoms with Crippen LogP contribution in [0.2, 0.25) is 0 Å². The molecule has 0 spiro atoms. The van der Waals surface area contributed by atoms with Crippen molar-refractivity contribution in [3.63, 3.8) is 0 Å². The van der Waals surface area contributed by atoms with E-state index in [-0.39, 0.29) is 18.7 Å². The minimum absolute atomic E-state index is 0.0450. The largest absolute Gasteiger partial charge is 0.497 e. The molecule has 2 rings (SSSR count). The van der Waals surface area contributed by atoms with Crippen molar-refractivity contribution < 1.29 is 9.84 Å². The van der Waals surface area contributed by atoms with Crippen LogP contribution >= 0.6 is 0 Å². The summed E-state index contributed by atoms with van der Waals surface area (Å²) in [5, 5.41) is 13.2. The lowest BCUT2D eigenvalue weighted by Crippen LogP contribution is -2.27. The number of aryl methyl sites for hydroxylation is 1. The Kier molecular flexibility index (Phi) is 5.37. The van der Waals surface area contributed by atoms with Gasteiger partial charge in [-0.1, -0.05) is 42.0 Å². The molecule has 3 nitrogen and oxygen atoms in total. The topological polar surface area (TPSA) is 41.5 Å². The van der Waals surface area contributed by atoms with Crippen molar-refractivity contribution >= 4 is 0 Å². The maximum absolute atomic E-state index is 9.69. The molecule has 2 unspecified atom stereocenters. The number of benzene rings is 2. The highest BCUT2D eigenvalue weighted by Crippen LogP contribution is 2.23. The van der Waals surface area contributed by atoms with E-state index >= 15 is 0 Å². The highest BCUT2D eigenvalue weighted by atomic mass is 16.5. The molecular formula is C18H23NO2. The van der Waals surface area contributed by atoms with Gasteiger partial charge in [0.05, 0.1) is 19.8 Å². The molecule has 0 saturated heterocycles. The molecule has 2 aromatic carbocycles. The van der Waals surface area contributed by atoms with E-state index < -0.39 is 0 Å². The van der Waals surface area contributed by atoms with Gasteiger partial charge in [0.2, 0.25) is 0 Å². The lowest BCUT2D eigenvalue weighted by Gasteiger charge is -2.23. The first-order valence-electron chi connectivity index (χ1n) is 7.21. The van der Waals surface area contributed by atoms with E-state index in [4.69, 9.17) is 4.74 Å². The molecular weight excluding hydrogens is 262 g/mol. The smallest absolute Gasteiger partial charge is 0.119 e. The Bertz CT molecular complexity index is 583. The number of rotatable bonds is 6. The Hall–Kier alpha value is -1.84. The number of aliphatic hydroxyl groups is 1. The van der Waals surface area contributed by atoms with Crippen molar-refractivity contribution in [2.24, 2.45) is 0 Å². The summed E-state index contributed by atoms with van der Waals surface area (Å²) >= 11 is 0. The zero-order valence-corrected chi connectivity index (χ0v) is 12.8. The van der Waals surface area contributed by atoms with Crippen molar-refractivity contribution in [3.05, 3.63) is 65.2 Å². The zero-order chi connectivity index (χ0) is 15.2. The third kappa shape index (κ3) is 4.06. The number of ether oxygens (including phenoxy) is 1. The Morgan fingerprint density at radius 2 is 1.81 bits per heavy atom. The molecule has 2 aromatic rings. The first kappa shape index (κ1) is 15.5. The predicted molar refractivity (Wildman–Crippen MR) is 85.6 cm³/mol. The van der Waals surface area contributed by atoms with Crippen LogP contribution in [-0.4, -0.2) is 18.8 Å². The maximum Gasteiger partial charge on any atom is 0.119 e. The van der Waals surface area contributed by atoms with Gasteiger partial charge in [-0.2, -0.15) is 0 Å². The Labute approximate surface area is 126 Å². The highest BCUT2D eigenvalue weighted by molar-refractivity contribution is 5.31. The summed E-state index contributed by atoms with van der Waals surface area (Å²) in [7, 11) is 1.65. The van der Waals surface area contributed by atoms with E-state index in [1.807, 2.05) is 24.3 Å². The summed E-state index contributed by atoms with van der Waals surface area (Å²) in [5.41, 5.74) is 3.48. The average molecular weight is 285 g/mol. The van der Waals surface area contributed by atoms with E-state index in [2.05, 4.69) is 43.4 Å². The van der Waals surface area contributed by atoms with Crippen molar-refractivity contribution in [1.29, 1.82) is 0 Å². The minimum atomic E-state index is -0.115. The highest BCUT2D eigenvalue weighted by Gasteiger charge is 2.15. The van der Waals surface area contributed by atoms with Crippen LogP contribution in [0.15, 0.2) is 48.5 Å². The Morgan fingerprint density at radius 3 is 2.48 bits per heavy atom. The van der Waals surface area contributed by atoms with Crippen LogP contribution in [0.5, 0.6) is 5.75 Å². The fourth-order valence-corrected chi connectivity index (χ4v) is 2.45. The molecule has 0 amide bonds. The van der Waals surface area contributed by atoms with E-state index in [0.29, 0.717) is 0 Å². The summed E-state index contributed by atoms with van der Waals surface area (Å²) in [5.74, 6) is 0.802. The van der Waals surface area contributed by atoms with Gasteiger partial charge >= 0.3 is 0 Å². The molecule has 0 aliphatic heterocycles. The normalized spacial score (nSPS) is 13.7. The van der Waals surface area contributed by atoms with E-state index in [9.17, 15) is 5.11 Å². The molecule has 112 valence electrons. The fourth-order valence-electron chi connectivity index (χ4n) is 2.45. The summed E-state index contributed by atoms with van der Waals surface area (Å²) in [6.07, 6.45) is 0. The van der Waals surface area contributed by atoms with Crippen LogP contribution < -0.4 is 10.1 Å². The van der Waals surface area contributed by atoms with Crippen molar-refractivity contribution in [1.82, 2.24) is 5.32 Å². The third-order valence-electron chi connectivity index (χ3n) is 3.67. The lowest BCUT2D eigenvalue weighted by molar-refractivity contribution is 0.235. The molecule has 2 N–H and O–H groups in total. The van der Waals surface area contributed by atoms with Gasteiger partial charge < -0.3 is 15.2 Å². The van der Waals surface area contributed by atoms with Crippen LogP contribution in [-0.2, 0) is 0 Å². The summed E-state index contributed by atoms with van der Waals surface area (Å²) in [6, 6.07) is 16.3. The van der Waals surface area contributed by atoms with Gasteiger partial charge in [0, 0.05) is 6.04 Å². The monoisotopic (exact) mass is 285 g/mol. The van der Waals surface area contributed by atoms with Crippen molar-refractivity contribution in [2.45, 2.75) is 25.9 Å². The number of nitrogens with one attached hydrogen (secondary N) is 1. The van der Waals surface area contributed by atoms with Gasteiger partial charge in [0.25, 0.3) is 0 Å². The standard InChI is InChI=1S/C18H23NO2/c1-13-6-4-7-15(10-13)14(2)19-18(12-20)16-8-5-9-17(11-16)21-3/h4-11,14,18-20H,12H2,1-3H3. The quantitative estimate of drug-likeness (QED) is 0.855. The summed E-state index contributed by atoms with van der Waals surface area (Å²) in [6.45, 7) is 4.24. The van der Waals surface area contributed by atoms with Gasteiger partial charge in [0.1, 0.15) is 5.75 Å². The van der Waals surface area contributed by atoms with Crippen LogP contribution in [0.4, 0.5) is 0 Å². The second-order valence-corrected chi connectivity index (χ2v) is 5.31. The molecule has 0 bridgehead atoms. The van der Waals surface area contributed by atoms with Crippen molar-refractivity contribution in [3.8, 4) is 5.75 Å². The van der Waals surface area contributed by atoms with Crippen LogP contribution in [0.3, 0.4) is 0 Å². The van der Waals surface area contributed by atoms with Crippen molar-refractivity contribution in [2.75, 3.05) is 13.7 Å². The fraction of sp³-hybridized carbons (Fsp3) is 0.333. The van der Waals surface area contributed by atoms with E-state index in [1.165, 1.54) is 11.1 Å². The predicted octanol–water partition coefficient (Wildman–Crippen LogP) is 3.39. The molecule has 2 atom stereocenters. The van der Waals surface area contributed by atoms with E-state index in [0.717, 1.165) is 11.3 Å². The Morgan fingerprint density at radius 1 is 1.10 bits per heavy atom. The molecule has 0 aliphatic carbocycles. The second-order valence-electron chi connectivity index (χ2n) is 5.31. The molecule has 0 aliphatic rings. The maximum atomic E-state index is 9.69. The zero-order valence-electron chi connectivity index (χ0n) is 12.8. The van der Waals surface area contributed by atoms with E-state index in [1.54, 1.807) is 7.11 Å². The molecule has 0 heterocycles. The third-order valence-corrected chi connectivity index (χ3v) is 3.67. The molecule has 21 heavy (non-hydrogen) atoms. The number of hydrogen-bond donors (Lipinski definition) is 2. The first-order chi connectivity index (χ1) is 10.1. The molecule has 0 fully saturated rings.